The van der Waals surface area contributed by atoms with E-state index >= 15 is 0 Å². The molecule has 0 heterocycles. The molecule has 1 saturated carbocycles. The van der Waals surface area contributed by atoms with Crippen molar-refractivity contribution >= 4 is 11.6 Å². The van der Waals surface area contributed by atoms with Crippen molar-refractivity contribution in [1.82, 2.24) is 5.32 Å². The van der Waals surface area contributed by atoms with Gasteiger partial charge in [0.1, 0.15) is 0 Å². The molecule has 1 fully saturated rings. The van der Waals surface area contributed by atoms with Gasteiger partial charge in [-0.15, -0.1) is 0 Å². The van der Waals surface area contributed by atoms with Crippen LogP contribution in [0.25, 0.3) is 0 Å². The Balaban J connectivity index is 2.09. The fourth-order valence-corrected chi connectivity index (χ4v) is 3.07. The molecule has 1 aromatic rings. The summed E-state index contributed by atoms with van der Waals surface area (Å²) in [5, 5.41) is 4.47. The Morgan fingerprint density at radius 2 is 2.00 bits per heavy atom. The van der Waals surface area contributed by atoms with E-state index in [1.165, 1.54) is 18.4 Å². The minimum atomic E-state index is 0.333. The standard InChI is InChI=1S/C16H24ClN/c1-12(2)10-18-11-16(9-8-13(16)3)14-4-6-15(17)7-5-14/h4-7,12-13,18H,8-11H2,1-3H3. The first-order valence-corrected chi connectivity index (χ1v) is 7.39. The summed E-state index contributed by atoms with van der Waals surface area (Å²) >= 11 is 5.99. The normalized spacial score (nSPS) is 27.3. The second kappa shape index (κ2) is 5.63. The zero-order valence-corrected chi connectivity index (χ0v) is 12.4. The fraction of sp³-hybridized carbons (Fsp3) is 0.625. The van der Waals surface area contributed by atoms with Crippen LogP contribution in [0.15, 0.2) is 24.3 Å². The van der Waals surface area contributed by atoms with Crippen LogP contribution >= 0.6 is 11.6 Å². The molecule has 1 aliphatic carbocycles. The Kier molecular flexibility index (Phi) is 4.34. The van der Waals surface area contributed by atoms with Crippen molar-refractivity contribution in [3.05, 3.63) is 34.9 Å². The molecule has 0 aliphatic heterocycles. The molecule has 2 heteroatoms. The summed E-state index contributed by atoms with van der Waals surface area (Å²) in [5.41, 5.74) is 1.78. The van der Waals surface area contributed by atoms with Crippen molar-refractivity contribution in [2.45, 2.75) is 39.0 Å². The zero-order valence-electron chi connectivity index (χ0n) is 11.7. The van der Waals surface area contributed by atoms with E-state index in [9.17, 15) is 0 Å². The van der Waals surface area contributed by atoms with Crippen LogP contribution in [0.4, 0.5) is 0 Å². The third-order valence-electron chi connectivity index (χ3n) is 4.38. The first-order chi connectivity index (χ1) is 8.54. The Morgan fingerprint density at radius 1 is 1.33 bits per heavy atom. The molecule has 1 nitrogen and oxygen atoms in total. The molecule has 0 bridgehead atoms. The molecule has 18 heavy (non-hydrogen) atoms. The SMILES string of the molecule is CC(C)CNCC1(c2ccc(Cl)cc2)CCC1C. The van der Waals surface area contributed by atoms with Gasteiger partial charge in [-0.2, -0.15) is 0 Å². The molecule has 0 spiro atoms. The summed E-state index contributed by atoms with van der Waals surface area (Å²) in [7, 11) is 0. The van der Waals surface area contributed by atoms with E-state index in [0.717, 1.165) is 24.0 Å². The lowest BCUT2D eigenvalue weighted by Gasteiger charge is -2.49. The van der Waals surface area contributed by atoms with Crippen LogP contribution in [0.2, 0.25) is 5.02 Å². The number of halogens is 1. The van der Waals surface area contributed by atoms with Crippen LogP contribution in [-0.4, -0.2) is 13.1 Å². The van der Waals surface area contributed by atoms with Gasteiger partial charge in [0, 0.05) is 17.0 Å². The number of benzene rings is 1. The molecule has 2 atom stereocenters. The Hall–Kier alpha value is -0.530. The predicted molar refractivity (Wildman–Crippen MR) is 79.2 cm³/mol. The lowest BCUT2D eigenvalue weighted by Crippen LogP contribution is -2.50. The molecule has 0 aromatic heterocycles. The summed E-state index contributed by atoms with van der Waals surface area (Å²) in [6.07, 6.45) is 2.63. The maximum atomic E-state index is 5.99. The van der Waals surface area contributed by atoms with Crippen LogP contribution in [0.1, 0.15) is 39.2 Å². The first-order valence-electron chi connectivity index (χ1n) is 7.01. The largest absolute Gasteiger partial charge is 0.316 e. The van der Waals surface area contributed by atoms with Crippen molar-refractivity contribution in [3.8, 4) is 0 Å². The van der Waals surface area contributed by atoms with Crippen molar-refractivity contribution in [2.75, 3.05) is 13.1 Å². The minimum Gasteiger partial charge on any atom is -0.316 e. The number of rotatable bonds is 5. The highest BCUT2D eigenvalue weighted by Gasteiger charge is 2.44. The lowest BCUT2D eigenvalue weighted by atomic mass is 9.57. The van der Waals surface area contributed by atoms with Crippen molar-refractivity contribution < 1.29 is 0 Å². The molecule has 1 aromatic carbocycles. The maximum absolute atomic E-state index is 5.99. The van der Waals surface area contributed by atoms with Gasteiger partial charge in [-0.3, -0.25) is 0 Å². The highest BCUT2D eigenvalue weighted by atomic mass is 35.5. The summed E-state index contributed by atoms with van der Waals surface area (Å²) in [6.45, 7) is 9.07. The highest BCUT2D eigenvalue weighted by Crippen LogP contribution is 2.48. The Labute approximate surface area is 116 Å². The van der Waals surface area contributed by atoms with Gasteiger partial charge in [0.2, 0.25) is 0 Å². The predicted octanol–water partition coefficient (Wildman–Crippen LogP) is 4.25. The summed E-state index contributed by atoms with van der Waals surface area (Å²) < 4.78 is 0. The average molecular weight is 266 g/mol. The molecule has 2 rings (SSSR count). The number of nitrogens with one attached hydrogen (secondary N) is 1. The van der Waals surface area contributed by atoms with E-state index < -0.39 is 0 Å². The van der Waals surface area contributed by atoms with E-state index in [2.05, 4.69) is 38.2 Å². The van der Waals surface area contributed by atoms with Crippen molar-refractivity contribution in [2.24, 2.45) is 11.8 Å². The monoisotopic (exact) mass is 265 g/mol. The van der Waals surface area contributed by atoms with Crippen LogP contribution in [-0.2, 0) is 5.41 Å². The van der Waals surface area contributed by atoms with Gasteiger partial charge in [0.15, 0.2) is 0 Å². The van der Waals surface area contributed by atoms with Gasteiger partial charge in [-0.1, -0.05) is 44.5 Å². The second-order valence-corrected chi connectivity index (χ2v) is 6.56. The highest BCUT2D eigenvalue weighted by molar-refractivity contribution is 6.30. The quantitative estimate of drug-likeness (QED) is 0.839. The molecular formula is C16H24ClN. The molecular weight excluding hydrogens is 242 g/mol. The maximum Gasteiger partial charge on any atom is 0.0406 e. The number of hydrogen-bond donors (Lipinski definition) is 1. The minimum absolute atomic E-state index is 0.333. The van der Waals surface area contributed by atoms with E-state index in [4.69, 9.17) is 11.6 Å². The topological polar surface area (TPSA) is 12.0 Å². The number of hydrogen-bond acceptors (Lipinski definition) is 1. The molecule has 0 saturated heterocycles. The van der Waals surface area contributed by atoms with Gasteiger partial charge < -0.3 is 5.32 Å². The Bertz CT molecular complexity index is 385. The average Bonchev–Trinajstić information content (AvgIpc) is 2.34. The van der Waals surface area contributed by atoms with Crippen molar-refractivity contribution in [3.63, 3.8) is 0 Å². The fourth-order valence-electron chi connectivity index (χ4n) is 2.94. The van der Waals surface area contributed by atoms with Gasteiger partial charge in [0.05, 0.1) is 0 Å². The van der Waals surface area contributed by atoms with E-state index in [1.807, 2.05) is 12.1 Å². The molecule has 2 unspecified atom stereocenters. The Morgan fingerprint density at radius 3 is 2.44 bits per heavy atom. The smallest absolute Gasteiger partial charge is 0.0406 e. The zero-order chi connectivity index (χ0) is 13.2. The molecule has 100 valence electrons. The van der Waals surface area contributed by atoms with Crippen LogP contribution in [0.3, 0.4) is 0 Å². The molecule has 0 amide bonds. The lowest BCUT2D eigenvalue weighted by molar-refractivity contribution is 0.133. The van der Waals surface area contributed by atoms with Gasteiger partial charge >= 0.3 is 0 Å². The molecule has 0 radical (unpaired) electrons. The van der Waals surface area contributed by atoms with Gasteiger partial charge in [0.25, 0.3) is 0 Å². The first kappa shape index (κ1) is 13.9. The van der Waals surface area contributed by atoms with Gasteiger partial charge in [-0.05, 0) is 48.9 Å². The van der Waals surface area contributed by atoms with Crippen molar-refractivity contribution in [1.29, 1.82) is 0 Å². The molecule has 1 aliphatic rings. The van der Waals surface area contributed by atoms with Crippen LogP contribution < -0.4 is 5.32 Å². The third kappa shape index (κ3) is 2.73. The van der Waals surface area contributed by atoms with E-state index in [0.29, 0.717) is 11.3 Å². The third-order valence-corrected chi connectivity index (χ3v) is 4.63. The summed E-state index contributed by atoms with van der Waals surface area (Å²) in [4.78, 5) is 0. The van der Waals surface area contributed by atoms with Crippen LogP contribution in [0.5, 0.6) is 0 Å². The summed E-state index contributed by atoms with van der Waals surface area (Å²) in [6, 6.07) is 8.45. The van der Waals surface area contributed by atoms with E-state index in [1.54, 1.807) is 0 Å². The van der Waals surface area contributed by atoms with Crippen LogP contribution in [0, 0.1) is 11.8 Å². The van der Waals surface area contributed by atoms with E-state index in [-0.39, 0.29) is 0 Å². The second-order valence-electron chi connectivity index (χ2n) is 6.13. The molecule has 1 N–H and O–H groups in total. The summed E-state index contributed by atoms with van der Waals surface area (Å²) in [5.74, 6) is 1.47. The van der Waals surface area contributed by atoms with Gasteiger partial charge in [-0.25, -0.2) is 0 Å².